The highest BCUT2D eigenvalue weighted by molar-refractivity contribution is 9.10. The maximum atomic E-state index is 12.2. The summed E-state index contributed by atoms with van der Waals surface area (Å²) in [7, 11) is 0. The Morgan fingerprint density at radius 3 is 2.83 bits per heavy atom. The molecule has 2 aromatic rings. The molecule has 3 nitrogen and oxygen atoms in total. The Kier molecular flexibility index (Phi) is 4.95. The van der Waals surface area contributed by atoms with Gasteiger partial charge in [-0.05, 0) is 31.0 Å². The molecule has 0 N–H and O–H groups in total. The van der Waals surface area contributed by atoms with Crippen LogP contribution in [-0.2, 0) is 6.54 Å². The lowest BCUT2D eigenvalue weighted by Gasteiger charge is -2.06. The summed E-state index contributed by atoms with van der Waals surface area (Å²) >= 11 is 6.79. The summed E-state index contributed by atoms with van der Waals surface area (Å²) in [6, 6.07) is 5.59. The monoisotopic (exact) mass is 372 g/mol. The van der Waals surface area contributed by atoms with Crippen LogP contribution in [0.25, 0.3) is 10.9 Å². The summed E-state index contributed by atoms with van der Waals surface area (Å²) in [5.41, 5.74) is 0.792. The minimum Gasteiger partial charge on any atom is -0.299 e. The number of aryl methyl sites for hydroxylation is 1. The molecule has 2 rings (SSSR count). The van der Waals surface area contributed by atoms with Crippen molar-refractivity contribution in [1.29, 1.82) is 0 Å². The average Bonchev–Trinajstić information content (AvgIpc) is 2.38. The van der Waals surface area contributed by atoms with Crippen LogP contribution in [0.1, 0.15) is 19.3 Å². The summed E-state index contributed by atoms with van der Waals surface area (Å²) in [6.45, 7) is 0.737. The van der Waals surface area contributed by atoms with E-state index in [1.54, 1.807) is 10.9 Å². The summed E-state index contributed by atoms with van der Waals surface area (Å²) in [5, 5.41) is 1.69. The smallest absolute Gasteiger partial charge is 0.261 e. The highest BCUT2D eigenvalue weighted by Crippen LogP contribution is 2.14. The van der Waals surface area contributed by atoms with Crippen LogP contribution in [-0.4, -0.2) is 14.9 Å². The number of benzene rings is 1. The van der Waals surface area contributed by atoms with E-state index in [2.05, 4.69) is 36.8 Å². The Morgan fingerprint density at radius 1 is 1.22 bits per heavy atom. The van der Waals surface area contributed by atoms with Gasteiger partial charge in [-0.25, -0.2) is 4.98 Å². The number of alkyl halides is 1. The first-order chi connectivity index (χ1) is 8.72. The van der Waals surface area contributed by atoms with E-state index in [4.69, 9.17) is 0 Å². The van der Waals surface area contributed by atoms with Gasteiger partial charge in [-0.3, -0.25) is 9.36 Å². The molecule has 1 heterocycles. The van der Waals surface area contributed by atoms with Gasteiger partial charge in [0.05, 0.1) is 17.2 Å². The average molecular weight is 374 g/mol. The molecule has 0 unspecified atom stereocenters. The molecule has 0 radical (unpaired) electrons. The largest absolute Gasteiger partial charge is 0.299 e. The van der Waals surface area contributed by atoms with E-state index in [-0.39, 0.29) is 5.56 Å². The minimum atomic E-state index is 0.0418. The van der Waals surface area contributed by atoms with Crippen LogP contribution in [0.4, 0.5) is 0 Å². The van der Waals surface area contributed by atoms with E-state index in [0.717, 1.165) is 41.1 Å². The minimum absolute atomic E-state index is 0.0418. The maximum absolute atomic E-state index is 12.2. The van der Waals surface area contributed by atoms with Crippen LogP contribution in [0.15, 0.2) is 33.8 Å². The predicted molar refractivity (Wildman–Crippen MR) is 81.3 cm³/mol. The van der Waals surface area contributed by atoms with E-state index >= 15 is 0 Å². The number of hydrogen-bond acceptors (Lipinski definition) is 2. The number of halogens is 2. The van der Waals surface area contributed by atoms with Crippen LogP contribution < -0.4 is 5.56 Å². The quantitative estimate of drug-likeness (QED) is 0.591. The Balaban J connectivity index is 2.24. The maximum Gasteiger partial charge on any atom is 0.261 e. The molecule has 0 spiro atoms. The first-order valence-electron chi connectivity index (χ1n) is 5.93. The molecule has 0 saturated carbocycles. The summed E-state index contributed by atoms with van der Waals surface area (Å²) in [6.07, 6.45) is 4.91. The molecule has 5 heteroatoms. The van der Waals surface area contributed by atoms with Gasteiger partial charge in [0.1, 0.15) is 0 Å². The van der Waals surface area contributed by atoms with Crippen LogP contribution >= 0.6 is 31.9 Å². The van der Waals surface area contributed by atoms with E-state index < -0.39 is 0 Å². The first-order valence-corrected chi connectivity index (χ1v) is 7.84. The number of rotatable bonds is 5. The standard InChI is InChI=1S/C13H14Br2N2O/c14-6-2-1-3-7-17-9-16-12-5-4-10(15)8-11(12)13(17)18/h4-5,8-9H,1-3,6-7H2. The normalized spacial score (nSPS) is 11.0. The van der Waals surface area contributed by atoms with Gasteiger partial charge in [-0.2, -0.15) is 0 Å². The van der Waals surface area contributed by atoms with Crippen molar-refractivity contribution in [3.8, 4) is 0 Å². The van der Waals surface area contributed by atoms with Crippen molar-refractivity contribution < 1.29 is 0 Å². The van der Waals surface area contributed by atoms with Gasteiger partial charge < -0.3 is 0 Å². The SMILES string of the molecule is O=c1c2cc(Br)ccc2ncn1CCCCCBr. The number of unbranched alkanes of at least 4 members (excludes halogenated alkanes) is 2. The molecule has 96 valence electrons. The fourth-order valence-corrected chi connectivity index (χ4v) is 2.60. The van der Waals surface area contributed by atoms with E-state index in [1.165, 1.54) is 0 Å². The molecule has 0 aliphatic rings. The third-order valence-corrected chi connectivity index (χ3v) is 3.87. The second-order valence-corrected chi connectivity index (χ2v) is 5.86. The lowest BCUT2D eigenvalue weighted by atomic mass is 10.2. The van der Waals surface area contributed by atoms with Gasteiger partial charge >= 0.3 is 0 Å². The third kappa shape index (κ3) is 3.20. The van der Waals surface area contributed by atoms with Gasteiger partial charge in [-0.1, -0.05) is 38.3 Å². The zero-order valence-electron chi connectivity index (χ0n) is 9.90. The first kappa shape index (κ1) is 13.7. The van der Waals surface area contributed by atoms with Gasteiger partial charge in [0.15, 0.2) is 0 Å². The molecular weight excluding hydrogens is 360 g/mol. The second kappa shape index (κ2) is 6.48. The molecule has 0 aliphatic heterocycles. The molecule has 1 aromatic carbocycles. The zero-order chi connectivity index (χ0) is 13.0. The zero-order valence-corrected chi connectivity index (χ0v) is 13.1. The van der Waals surface area contributed by atoms with Crippen LogP contribution in [0.2, 0.25) is 0 Å². The van der Waals surface area contributed by atoms with Crippen molar-refractivity contribution in [2.24, 2.45) is 0 Å². The molecule has 0 aliphatic carbocycles. The predicted octanol–water partition coefficient (Wildman–Crippen LogP) is 3.72. The lowest BCUT2D eigenvalue weighted by molar-refractivity contribution is 0.586. The Bertz CT molecular complexity index is 595. The van der Waals surface area contributed by atoms with Crippen molar-refractivity contribution in [1.82, 2.24) is 9.55 Å². The van der Waals surface area contributed by atoms with E-state index in [1.807, 2.05) is 18.2 Å². The summed E-state index contributed by atoms with van der Waals surface area (Å²) in [4.78, 5) is 16.6. The lowest BCUT2D eigenvalue weighted by Crippen LogP contribution is -2.20. The number of fused-ring (bicyclic) bond motifs is 1. The Labute approximate surface area is 122 Å². The summed E-state index contributed by atoms with van der Waals surface area (Å²) in [5.74, 6) is 0. The van der Waals surface area contributed by atoms with Crippen molar-refractivity contribution in [3.63, 3.8) is 0 Å². The molecule has 0 atom stereocenters. The highest BCUT2D eigenvalue weighted by atomic mass is 79.9. The molecule has 0 saturated heterocycles. The second-order valence-electron chi connectivity index (χ2n) is 4.15. The molecule has 18 heavy (non-hydrogen) atoms. The van der Waals surface area contributed by atoms with Gasteiger partial charge in [-0.15, -0.1) is 0 Å². The highest BCUT2D eigenvalue weighted by Gasteiger charge is 2.04. The molecule has 0 bridgehead atoms. The van der Waals surface area contributed by atoms with Crippen molar-refractivity contribution >= 4 is 42.8 Å². The Morgan fingerprint density at radius 2 is 2.06 bits per heavy atom. The molecule has 0 fully saturated rings. The molecular formula is C13H14Br2N2O. The fourth-order valence-electron chi connectivity index (χ4n) is 1.84. The van der Waals surface area contributed by atoms with Gasteiger partial charge in [0, 0.05) is 16.3 Å². The van der Waals surface area contributed by atoms with Gasteiger partial charge in [0.2, 0.25) is 0 Å². The Hall–Kier alpha value is -0.680. The molecule has 1 aromatic heterocycles. The number of nitrogens with zero attached hydrogens (tertiary/aromatic N) is 2. The van der Waals surface area contributed by atoms with Crippen LogP contribution in [0, 0.1) is 0 Å². The summed E-state index contributed by atoms with van der Waals surface area (Å²) < 4.78 is 2.61. The third-order valence-electron chi connectivity index (χ3n) is 2.82. The van der Waals surface area contributed by atoms with E-state index in [0.29, 0.717) is 5.39 Å². The number of aromatic nitrogens is 2. The van der Waals surface area contributed by atoms with Crippen molar-refractivity contribution in [2.45, 2.75) is 25.8 Å². The van der Waals surface area contributed by atoms with E-state index in [9.17, 15) is 4.79 Å². The van der Waals surface area contributed by atoms with Crippen molar-refractivity contribution in [3.05, 3.63) is 39.4 Å². The topological polar surface area (TPSA) is 34.9 Å². The van der Waals surface area contributed by atoms with Crippen molar-refractivity contribution in [2.75, 3.05) is 5.33 Å². The van der Waals surface area contributed by atoms with Gasteiger partial charge in [0.25, 0.3) is 5.56 Å². The fraction of sp³-hybridized carbons (Fsp3) is 0.385. The number of hydrogen-bond donors (Lipinski definition) is 0. The van der Waals surface area contributed by atoms with Crippen LogP contribution in [0.5, 0.6) is 0 Å². The van der Waals surface area contributed by atoms with Crippen LogP contribution in [0.3, 0.4) is 0 Å². The molecule has 0 amide bonds.